The molecule has 6 heteroatoms. The fourth-order valence-electron chi connectivity index (χ4n) is 2.67. The Morgan fingerprint density at radius 2 is 1.92 bits per heavy atom. The van der Waals surface area contributed by atoms with Crippen molar-refractivity contribution in [2.75, 3.05) is 13.7 Å². The van der Waals surface area contributed by atoms with Crippen molar-refractivity contribution in [2.45, 2.75) is 6.04 Å². The van der Waals surface area contributed by atoms with E-state index in [1.54, 1.807) is 7.11 Å². The Balaban J connectivity index is 1.88. The van der Waals surface area contributed by atoms with E-state index >= 15 is 0 Å². The number of benzene rings is 2. The molecular formula is C19H19N3O3. The molecule has 0 saturated heterocycles. The standard InChI is InChI=1S/C19H19N3O3/c1-25-17-10-6-5-9-14(17)18-15(11-20-22-18)19(24)21-16(12-23)13-7-3-2-4-8-13/h2-11,16,23H,12H2,1H3,(H,20,22)(H,21,24)/t16-/m0/s1. The number of carbonyl (C=O) groups excluding carboxylic acids is 1. The molecule has 0 bridgehead atoms. The Morgan fingerprint density at radius 3 is 2.64 bits per heavy atom. The van der Waals surface area contributed by atoms with Gasteiger partial charge in [0, 0.05) is 5.56 Å². The zero-order chi connectivity index (χ0) is 17.6. The van der Waals surface area contributed by atoms with Crippen molar-refractivity contribution < 1.29 is 14.6 Å². The van der Waals surface area contributed by atoms with Crippen molar-refractivity contribution in [2.24, 2.45) is 0 Å². The van der Waals surface area contributed by atoms with Gasteiger partial charge in [-0.2, -0.15) is 5.10 Å². The van der Waals surface area contributed by atoms with Gasteiger partial charge in [-0.05, 0) is 17.7 Å². The molecule has 1 aromatic heterocycles. The highest BCUT2D eigenvalue weighted by Gasteiger charge is 2.21. The lowest BCUT2D eigenvalue weighted by atomic mass is 10.0. The topological polar surface area (TPSA) is 87.2 Å². The third kappa shape index (κ3) is 3.54. The number of rotatable bonds is 6. The Kier molecular flexibility index (Phi) is 5.11. The number of H-pyrrole nitrogens is 1. The number of aliphatic hydroxyl groups excluding tert-OH is 1. The van der Waals surface area contributed by atoms with Crippen LogP contribution in [0.4, 0.5) is 0 Å². The summed E-state index contributed by atoms with van der Waals surface area (Å²) >= 11 is 0. The van der Waals surface area contributed by atoms with Gasteiger partial charge in [-0.15, -0.1) is 0 Å². The molecule has 0 aliphatic carbocycles. The van der Waals surface area contributed by atoms with E-state index in [1.807, 2.05) is 54.6 Å². The second-order valence-corrected chi connectivity index (χ2v) is 5.48. The van der Waals surface area contributed by atoms with E-state index in [9.17, 15) is 9.90 Å². The number of para-hydroxylation sites is 1. The van der Waals surface area contributed by atoms with E-state index in [1.165, 1.54) is 6.20 Å². The first-order valence-corrected chi connectivity index (χ1v) is 7.88. The van der Waals surface area contributed by atoms with Gasteiger partial charge in [0.25, 0.3) is 5.91 Å². The second kappa shape index (κ2) is 7.63. The summed E-state index contributed by atoms with van der Waals surface area (Å²) in [6, 6.07) is 16.2. The molecule has 0 fully saturated rings. The molecule has 3 rings (SSSR count). The van der Waals surface area contributed by atoms with Crippen molar-refractivity contribution in [3.63, 3.8) is 0 Å². The molecule has 0 aliphatic rings. The Hall–Kier alpha value is -3.12. The smallest absolute Gasteiger partial charge is 0.255 e. The highest BCUT2D eigenvalue weighted by molar-refractivity contribution is 6.00. The Bertz CT molecular complexity index is 846. The molecular weight excluding hydrogens is 318 g/mol. The van der Waals surface area contributed by atoms with Gasteiger partial charge in [0.1, 0.15) is 5.75 Å². The average Bonchev–Trinajstić information content (AvgIpc) is 3.16. The maximum atomic E-state index is 12.7. The molecule has 1 amide bonds. The molecule has 0 unspecified atom stereocenters. The van der Waals surface area contributed by atoms with Gasteiger partial charge in [0.15, 0.2) is 0 Å². The van der Waals surface area contributed by atoms with Crippen LogP contribution in [0, 0.1) is 0 Å². The molecule has 3 N–H and O–H groups in total. The third-order valence-electron chi connectivity index (χ3n) is 3.95. The number of aliphatic hydroxyl groups is 1. The maximum Gasteiger partial charge on any atom is 0.255 e. The predicted octanol–water partition coefficient (Wildman–Crippen LogP) is 2.55. The maximum absolute atomic E-state index is 12.7. The SMILES string of the molecule is COc1ccccc1-c1[nH]ncc1C(=O)N[C@@H](CO)c1ccccc1. The lowest BCUT2D eigenvalue weighted by molar-refractivity contribution is 0.0917. The molecule has 3 aromatic rings. The van der Waals surface area contributed by atoms with E-state index in [4.69, 9.17) is 4.74 Å². The van der Waals surface area contributed by atoms with Crippen LogP contribution in [0.25, 0.3) is 11.3 Å². The van der Waals surface area contributed by atoms with Crippen LogP contribution in [0.3, 0.4) is 0 Å². The predicted molar refractivity (Wildman–Crippen MR) is 94.3 cm³/mol. The summed E-state index contributed by atoms with van der Waals surface area (Å²) < 4.78 is 5.36. The fraction of sp³-hybridized carbons (Fsp3) is 0.158. The number of hydrogen-bond acceptors (Lipinski definition) is 4. The van der Waals surface area contributed by atoms with E-state index in [2.05, 4.69) is 15.5 Å². The first kappa shape index (κ1) is 16.7. The van der Waals surface area contributed by atoms with E-state index in [0.717, 1.165) is 11.1 Å². The first-order valence-electron chi connectivity index (χ1n) is 7.88. The number of carbonyl (C=O) groups is 1. The van der Waals surface area contributed by atoms with Gasteiger partial charge in [0.2, 0.25) is 0 Å². The summed E-state index contributed by atoms with van der Waals surface area (Å²) in [5.41, 5.74) is 2.53. The summed E-state index contributed by atoms with van der Waals surface area (Å²) in [7, 11) is 1.58. The highest BCUT2D eigenvalue weighted by atomic mass is 16.5. The molecule has 25 heavy (non-hydrogen) atoms. The van der Waals surface area contributed by atoms with Crippen LogP contribution in [0.5, 0.6) is 5.75 Å². The number of nitrogens with zero attached hydrogens (tertiary/aromatic N) is 1. The Morgan fingerprint density at radius 1 is 1.20 bits per heavy atom. The van der Waals surface area contributed by atoms with Crippen LogP contribution >= 0.6 is 0 Å². The molecule has 0 saturated carbocycles. The van der Waals surface area contributed by atoms with Gasteiger partial charge in [0.05, 0.1) is 37.2 Å². The van der Waals surface area contributed by atoms with Crippen LogP contribution in [0.1, 0.15) is 22.0 Å². The molecule has 0 spiro atoms. The van der Waals surface area contributed by atoms with Crippen LogP contribution in [0.15, 0.2) is 60.8 Å². The van der Waals surface area contributed by atoms with Gasteiger partial charge < -0.3 is 15.2 Å². The van der Waals surface area contributed by atoms with Crippen molar-refractivity contribution in [3.8, 4) is 17.0 Å². The van der Waals surface area contributed by atoms with Crippen molar-refractivity contribution in [1.82, 2.24) is 15.5 Å². The number of aromatic nitrogens is 2. The summed E-state index contributed by atoms with van der Waals surface area (Å²) in [4.78, 5) is 12.7. The minimum Gasteiger partial charge on any atom is -0.496 e. The largest absolute Gasteiger partial charge is 0.496 e. The summed E-state index contributed by atoms with van der Waals surface area (Å²) in [5, 5.41) is 19.3. The molecule has 0 aliphatic heterocycles. The molecule has 2 aromatic carbocycles. The Labute approximate surface area is 145 Å². The highest BCUT2D eigenvalue weighted by Crippen LogP contribution is 2.30. The van der Waals surface area contributed by atoms with Gasteiger partial charge in [-0.25, -0.2) is 0 Å². The summed E-state index contributed by atoms with van der Waals surface area (Å²) in [6.45, 7) is -0.197. The lowest BCUT2D eigenvalue weighted by Crippen LogP contribution is -2.30. The minimum absolute atomic E-state index is 0.197. The number of methoxy groups -OCH3 is 1. The van der Waals surface area contributed by atoms with E-state index in [0.29, 0.717) is 17.0 Å². The van der Waals surface area contributed by atoms with Gasteiger partial charge in [-0.1, -0.05) is 42.5 Å². The number of aromatic amines is 1. The molecule has 0 radical (unpaired) electrons. The van der Waals surface area contributed by atoms with E-state index < -0.39 is 6.04 Å². The molecule has 1 heterocycles. The number of ether oxygens (including phenoxy) is 1. The average molecular weight is 337 g/mol. The van der Waals surface area contributed by atoms with E-state index in [-0.39, 0.29) is 12.5 Å². The molecule has 1 atom stereocenters. The lowest BCUT2D eigenvalue weighted by Gasteiger charge is -2.17. The zero-order valence-electron chi connectivity index (χ0n) is 13.8. The van der Waals surface area contributed by atoms with Gasteiger partial charge in [-0.3, -0.25) is 9.89 Å². The number of hydrogen-bond donors (Lipinski definition) is 3. The summed E-state index contributed by atoms with van der Waals surface area (Å²) in [5.74, 6) is 0.320. The van der Waals surface area contributed by atoms with Crippen molar-refractivity contribution >= 4 is 5.91 Å². The van der Waals surface area contributed by atoms with Crippen LogP contribution in [-0.4, -0.2) is 34.9 Å². The zero-order valence-corrected chi connectivity index (χ0v) is 13.8. The molecule has 6 nitrogen and oxygen atoms in total. The normalized spacial score (nSPS) is 11.8. The minimum atomic E-state index is -0.492. The summed E-state index contributed by atoms with van der Waals surface area (Å²) in [6.07, 6.45) is 1.47. The van der Waals surface area contributed by atoms with Crippen LogP contribution < -0.4 is 10.1 Å². The van der Waals surface area contributed by atoms with Crippen molar-refractivity contribution in [1.29, 1.82) is 0 Å². The van der Waals surface area contributed by atoms with Crippen LogP contribution in [-0.2, 0) is 0 Å². The fourth-order valence-corrected chi connectivity index (χ4v) is 2.67. The number of nitrogens with one attached hydrogen (secondary N) is 2. The first-order chi connectivity index (χ1) is 12.2. The second-order valence-electron chi connectivity index (χ2n) is 5.48. The monoisotopic (exact) mass is 337 g/mol. The number of amides is 1. The van der Waals surface area contributed by atoms with Crippen molar-refractivity contribution in [3.05, 3.63) is 71.9 Å². The van der Waals surface area contributed by atoms with Crippen LogP contribution in [0.2, 0.25) is 0 Å². The van der Waals surface area contributed by atoms with Gasteiger partial charge >= 0.3 is 0 Å². The third-order valence-corrected chi connectivity index (χ3v) is 3.95. The quantitative estimate of drug-likeness (QED) is 0.645. The molecule has 128 valence electrons.